The molecule has 0 radical (unpaired) electrons. The van der Waals surface area contributed by atoms with Crippen LogP contribution in [0.3, 0.4) is 0 Å². The molecule has 0 bridgehead atoms. The van der Waals surface area contributed by atoms with Gasteiger partial charge in [-0.2, -0.15) is 0 Å². The lowest BCUT2D eigenvalue weighted by Crippen LogP contribution is -2.22. The Bertz CT molecular complexity index is 160. The smallest absolute Gasteiger partial charge is 0.219 e. The van der Waals surface area contributed by atoms with Crippen LogP contribution in [-0.2, 0) is 0 Å². The maximum Gasteiger partial charge on any atom is 0.219 e. The minimum atomic E-state index is -1.62. The van der Waals surface area contributed by atoms with Gasteiger partial charge >= 0.3 is 0 Å². The van der Waals surface area contributed by atoms with Gasteiger partial charge in [0.1, 0.15) is 6.10 Å². The molecule has 1 nitrogen and oxygen atoms in total. The van der Waals surface area contributed by atoms with E-state index in [2.05, 4.69) is 6.92 Å². The van der Waals surface area contributed by atoms with Crippen LogP contribution in [0.1, 0.15) is 26.7 Å². The lowest BCUT2D eigenvalue weighted by molar-refractivity contribution is 0.226. The third-order valence-electron chi connectivity index (χ3n) is 1.42. The van der Waals surface area contributed by atoms with Crippen molar-refractivity contribution >= 4 is 34.8 Å². The highest BCUT2D eigenvalue weighted by atomic mass is 35.6. The van der Waals surface area contributed by atoms with Gasteiger partial charge in [-0.3, -0.25) is 0 Å². The number of hydrogen-bond acceptors (Lipinski definition) is 1. The average molecular weight is 232 g/mol. The molecule has 0 aromatic carbocycles. The normalized spacial score (nSPS) is 16.3. The van der Waals surface area contributed by atoms with Crippen LogP contribution in [0.15, 0.2) is 11.6 Å². The molecule has 0 saturated carbocycles. The average Bonchev–Trinajstić information content (AvgIpc) is 1.85. The van der Waals surface area contributed by atoms with Gasteiger partial charge in [0.2, 0.25) is 3.79 Å². The van der Waals surface area contributed by atoms with Gasteiger partial charge in [0.05, 0.1) is 0 Å². The predicted molar refractivity (Wildman–Crippen MR) is 55.0 cm³/mol. The zero-order valence-electron chi connectivity index (χ0n) is 7.15. The molecule has 1 unspecified atom stereocenters. The standard InChI is InChI=1S/C8H13Cl3O/c1-3-4-6(2)5-7(12)8(9,10)11/h5,7,12H,3-4H2,1-2H3. The number of aliphatic hydroxyl groups excluding tert-OH is 1. The molecule has 0 aromatic rings. The van der Waals surface area contributed by atoms with Crippen molar-refractivity contribution in [3.8, 4) is 0 Å². The number of halogens is 3. The monoisotopic (exact) mass is 230 g/mol. The molecule has 0 rings (SSSR count). The van der Waals surface area contributed by atoms with Crippen LogP contribution in [0.25, 0.3) is 0 Å². The molecule has 1 atom stereocenters. The molecule has 0 aliphatic heterocycles. The maximum absolute atomic E-state index is 9.31. The van der Waals surface area contributed by atoms with Crippen LogP contribution in [0, 0.1) is 0 Å². The number of allylic oxidation sites excluding steroid dienone is 1. The van der Waals surface area contributed by atoms with E-state index in [1.807, 2.05) is 6.92 Å². The van der Waals surface area contributed by atoms with Gasteiger partial charge in [0.25, 0.3) is 0 Å². The fourth-order valence-electron chi connectivity index (χ4n) is 0.842. The van der Waals surface area contributed by atoms with Gasteiger partial charge in [0, 0.05) is 0 Å². The van der Waals surface area contributed by atoms with Crippen molar-refractivity contribution in [2.24, 2.45) is 0 Å². The van der Waals surface area contributed by atoms with Crippen molar-refractivity contribution in [2.45, 2.75) is 36.6 Å². The highest BCUT2D eigenvalue weighted by molar-refractivity contribution is 6.68. The summed E-state index contributed by atoms with van der Waals surface area (Å²) >= 11 is 16.4. The first kappa shape index (κ1) is 12.6. The third-order valence-corrected chi connectivity index (χ3v) is 2.09. The fraction of sp³-hybridized carbons (Fsp3) is 0.750. The van der Waals surface area contributed by atoms with E-state index in [9.17, 15) is 5.11 Å². The second-order valence-corrected chi connectivity index (χ2v) is 5.12. The van der Waals surface area contributed by atoms with Gasteiger partial charge in [-0.25, -0.2) is 0 Å². The summed E-state index contributed by atoms with van der Waals surface area (Å²) < 4.78 is -1.62. The predicted octanol–water partition coefficient (Wildman–Crippen LogP) is 3.46. The summed E-state index contributed by atoms with van der Waals surface area (Å²) in [6.45, 7) is 3.96. The minimum absolute atomic E-state index is 0.914. The number of aliphatic hydroxyl groups is 1. The Kier molecular flexibility index (Phi) is 5.59. The Labute approximate surface area is 88.3 Å². The molecule has 0 aliphatic carbocycles. The summed E-state index contributed by atoms with van der Waals surface area (Å²) in [5.74, 6) is 0. The van der Waals surface area contributed by atoms with Crippen molar-refractivity contribution < 1.29 is 5.11 Å². The Morgan fingerprint density at radius 1 is 1.50 bits per heavy atom. The molecule has 12 heavy (non-hydrogen) atoms. The lowest BCUT2D eigenvalue weighted by Gasteiger charge is -2.15. The van der Waals surface area contributed by atoms with Crippen LogP contribution in [0.4, 0.5) is 0 Å². The molecule has 0 aromatic heterocycles. The van der Waals surface area contributed by atoms with E-state index in [1.54, 1.807) is 6.08 Å². The van der Waals surface area contributed by atoms with Crippen molar-refractivity contribution in [1.29, 1.82) is 0 Å². The highest BCUT2D eigenvalue weighted by Crippen LogP contribution is 2.31. The highest BCUT2D eigenvalue weighted by Gasteiger charge is 2.28. The second kappa shape index (κ2) is 5.33. The maximum atomic E-state index is 9.31. The van der Waals surface area contributed by atoms with E-state index in [4.69, 9.17) is 34.8 Å². The number of alkyl halides is 3. The van der Waals surface area contributed by atoms with Crippen LogP contribution < -0.4 is 0 Å². The molecular weight excluding hydrogens is 218 g/mol. The Morgan fingerprint density at radius 2 is 2.00 bits per heavy atom. The summed E-state index contributed by atoms with van der Waals surface area (Å²) in [6.07, 6.45) is 2.50. The van der Waals surface area contributed by atoms with E-state index < -0.39 is 9.90 Å². The van der Waals surface area contributed by atoms with Crippen LogP contribution in [-0.4, -0.2) is 15.0 Å². The molecule has 0 saturated heterocycles. The van der Waals surface area contributed by atoms with E-state index >= 15 is 0 Å². The van der Waals surface area contributed by atoms with Crippen molar-refractivity contribution in [2.75, 3.05) is 0 Å². The van der Waals surface area contributed by atoms with Crippen molar-refractivity contribution in [3.05, 3.63) is 11.6 Å². The van der Waals surface area contributed by atoms with E-state index in [0.717, 1.165) is 18.4 Å². The molecule has 0 amide bonds. The summed E-state index contributed by atoms with van der Waals surface area (Å²) in [4.78, 5) is 0. The van der Waals surface area contributed by atoms with E-state index in [1.165, 1.54) is 0 Å². The van der Waals surface area contributed by atoms with Gasteiger partial charge in [0.15, 0.2) is 0 Å². The quantitative estimate of drug-likeness (QED) is 0.583. The van der Waals surface area contributed by atoms with Crippen molar-refractivity contribution in [1.82, 2.24) is 0 Å². The van der Waals surface area contributed by atoms with Crippen LogP contribution in [0.5, 0.6) is 0 Å². The SMILES string of the molecule is CCCC(C)=CC(O)C(Cl)(Cl)Cl. The molecule has 0 fully saturated rings. The first-order chi connectivity index (χ1) is 5.38. The molecule has 0 heterocycles. The van der Waals surface area contributed by atoms with Gasteiger partial charge in [-0.1, -0.05) is 59.8 Å². The first-order valence-corrected chi connectivity index (χ1v) is 4.93. The summed E-state index contributed by atoms with van der Waals surface area (Å²) in [5, 5.41) is 9.31. The summed E-state index contributed by atoms with van der Waals surface area (Å²) in [5.41, 5.74) is 1.04. The molecular formula is C8H13Cl3O. The van der Waals surface area contributed by atoms with Crippen LogP contribution >= 0.6 is 34.8 Å². The summed E-state index contributed by atoms with van der Waals surface area (Å²) in [6, 6.07) is 0. The molecule has 72 valence electrons. The zero-order chi connectivity index (χ0) is 9.78. The van der Waals surface area contributed by atoms with Crippen molar-refractivity contribution in [3.63, 3.8) is 0 Å². The van der Waals surface area contributed by atoms with E-state index in [0.29, 0.717) is 0 Å². The molecule has 0 aliphatic rings. The number of hydrogen-bond donors (Lipinski definition) is 1. The first-order valence-electron chi connectivity index (χ1n) is 3.80. The zero-order valence-corrected chi connectivity index (χ0v) is 9.42. The minimum Gasteiger partial charge on any atom is -0.385 e. The van der Waals surface area contributed by atoms with Gasteiger partial charge in [-0.15, -0.1) is 0 Å². The third kappa shape index (κ3) is 5.26. The summed E-state index contributed by atoms with van der Waals surface area (Å²) in [7, 11) is 0. The molecule has 1 N–H and O–H groups in total. The largest absolute Gasteiger partial charge is 0.385 e. The number of rotatable bonds is 3. The molecule has 0 spiro atoms. The Hall–Kier alpha value is 0.570. The molecule has 4 heteroatoms. The van der Waals surface area contributed by atoms with E-state index in [-0.39, 0.29) is 0 Å². The van der Waals surface area contributed by atoms with Crippen LogP contribution in [0.2, 0.25) is 0 Å². The van der Waals surface area contributed by atoms with Gasteiger partial charge in [-0.05, 0) is 13.3 Å². The second-order valence-electron chi connectivity index (χ2n) is 2.75. The Morgan fingerprint density at radius 3 is 2.33 bits per heavy atom. The fourth-order valence-corrected chi connectivity index (χ4v) is 1.03. The Balaban J connectivity index is 4.14. The lowest BCUT2D eigenvalue weighted by atomic mass is 10.1. The van der Waals surface area contributed by atoms with Gasteiger partial charge < -0.3 is 5.11 Å². The topological polar surface area (TPSA) is 20.2 Å².